The molecule has 2 aromatic carbocycles. The molecule has 1 fully saturated rings. The Morgan fingerprint density at radius 2 is 1.86 bits per heavy atom. The first kappa shape index (κ1) is 26.9. The first-order valence-electron chi connectivity index (χ1n) is 11.0. The molecule has 0 spiro atoms. The number of hydrogen-bond acceptors (Lipinski definition) is 4. The van der Waals surface area contributed by atoms with Crippen molar-refractivity contribution in [2.75, 3.05) is 6.54 Å². The third kappa shape index (κ3) is 6.72. The molecule has 0 aliphatic carbocycles. The van der Waals surface area contributed by atoms with Crippen molar-refractivity contribution in [3.63, 3.8) is 0 Å². The Hall–Kier alpha value is -2.66. The average molecular weight is 516 g/mol. The molecule has 1 amide bonds. The van der Waals surface area contributed by atoms with E-state index in [-0.39, 0.29) is 25.2 Å². The minimum atomic E-state index is -5.26. The Morgan fingerprint density at radius 3 is 2.46 bits per heavy atom. The van der Waals surface area contributed by atoms with Gasteiger partial charge in [0.1, 0.15) is 11.4 Å². The Kier molecular flexibility index (Phi) is 7.52. The summed E-state index contributed by atoms with van der Waals surface area (Å²) in [4.78, 5) is 14.1. The van der Waals surface area contributed by atoms with E-state index in [1.807, 2.05) is 10.8 Å². The van der Waals surface area contributed by atoms with Gasteiger partial charge in [-0.05, 0) is 74.9 Å². The summed E-state index contributed by atoms with van der Waals surface area (Å²) in [7, 11) is -5.12. The summed E-state index contributed by atoms with van der Waals surface area (Å²) in [5.41, 5.74) is -3.32. The molecule has 2 aromatic rings. The smallest absolute Gasteiger partial charge is 0.444 e. The van der Waals surface area contributed by atoms with Gasteiger partial charge in [-0.15, -0.1) is 0 Å². The number of amides is 1. The summed E-state index contributed by atoms with van der Waals surface area (Å²) in [6, 6.07) is 9.76. The number of aryl methyl sites for hydroxylation is 1. The number of nitrogens with zero attached hydrogens (tertiary/aromatic N) is 1. The lowest BCUT2D eigenvalue weighted by Crippen LogP contribution is -2.51. The van der Waals surface area contributed by atoms with Crippen molar-refractivity contribution in [1.82, 2.24) is 9.62 Å². The van der Waals surface area contributed by atoms with Crippen molar-refractivity contribution in [2.45, 2.75) is 63.7 Å². The van der Waals surface area contributed by atoms with Crippen molar-refractivity contribution in [2.24, 2.45) is 0 Å². The molecule has 3 rings (SSSR count). The lowest BCUT2D eigenvalue weighted by atomic mass is 9.96. The highest BCUT2D eigenvalue weighted by atomic mass is 32.2. The lowest BCUT2D eigenvalue weighted by Gasteiger charge is -2.31. The molecule has 1 aliphatic heterocycles. The standard InChI is InChI=1S/C24H29F4N3O3S/c1-15-10-18(14-19(25)11-15)17-7-5-6-16(12-17)13-21-20(30-35(29,33)24(26,27)28)8-9-31(21)22(32)34-23(2,3)4/h5-7,10-12,14,20-21H,8-9,13H2,1-4H3,(H2,29,30,33)/t20-,21-,35?/m0/s1. The van der Waals surface area contributed by atoms with Crippen LogP contribution in [0.3, 0.4) is 0 Å². The van der Waals surface area contributed by atoms with E-state index in [0.717, 1.165) is 5.56 Å². The molecule has 2 N–H and O–H groups in total. The Balaban J connectivity index is 1.93. The van der Waals surface area contributed by atoms with E-state index in [4.69, 9.17) is 9.52 Å². The highest BCUT2D eigenvalue weighted by Crippen LogP contribution is 2.30. The van der Waals surface area contributed by atoms with Crippen LogP contribution in [0.15, 0.2) is 42.5 Å². The van der Waals surface area contributed by atoms with Gasteiger partial charge in [-0.1, -0.05) is 30.3 Å². The van der Waals surface area contributed by atoms with Gasteiger partial charge in [-0.3, -0.25) is 0 Å². The topological polar surface area (TPSA) is 82.5 Å². The number of hydrogen-bond donors (Lipinski definition) is 2. The van der Waals surface area contributed by atoms with E-state index >= 15 is 0 Å². The number of carbonyl (C=O) groups is 1. The second kappa shape index (κ2) is 9.77. The van der Waals surface area contributed by atoms with Gasteiger partial charge in [0, 0.05) is 12.6 Å². The van der Waals surface area contributed by atoms with Gasteiger partial charge in [0.15, 0.2) is 0 Å². The molecule has 3 atom stereocenters. The molecule has 0 aromatic heterocycles. The molecule has 1 heterocycles. The summed E-state index contributed by atoms with van der Waals surface area (Å²) in [5.74, 6) is -0.390. The number of rotatable bonds is 5. The molecule has 192 valence electrons. The Labute approximate surface area is 202 Å². The zero-order chi connectivity index (χ0) is 26.2. The van der Waals surface area contributed by atoms with Crippen LogP contribution in [0.5, 0.6) is 0 Å². The molecule has 1 unspecified atom stereocenters. The lowest BCUT2D eigenvalue weighted by molar-refractivity contribution is -0.0421. The molecule has 0 bridgehead atoms. The van der Waals surface area contributed by atoms with Crippen molar-refractivity contribution in [3.05, 3.63) is 59.4 Å². The molecule has 35 heavy (non-hydrogen) atoms. The minimum absolute atomic E-state index is 0.0681. The van der Waals surface area contributed by atoms with Crippen LogP contribution in [-0.2, 0) is 21.1 Å². The molecule has 6 nitrogen and oxygen atoms in total. The van der Waals surface area contributed by atoms with Crippen LogP contribution in [0, 0.1) is 17.5 Å². The summed E-state index contributed by atoms with van der Waals surface area (Å²) < 4.78 is 80.2. The number of ether oxygens (including phenoxy) is 1. The largest absolute Gasteiger partial charge is 0.492 e. The fourth-order valence-electron chi connectivity index (χ4n) is 4.09. The Bertz CT molecular complexity index is 1170. The second-order valence-electron chi connectivity index (χ2n) is 9.68. The molecule has 1 saturated heterocycles. The van der Waals surface area contributed by atoms with Crippen LogP contribution >= 0.6 is 0 Å². The van der Waals surface area contributed by atoms with E-state index < -0.39 is 39.2 Å². The number of alkyl halides is 3. The van der Waals surface area contributed by atoms with Crippen molar-refractivity contribution < 1.29 is 31.3 Å². The van der Waals surface area contributed by atoms with Crippen LogP contribution in [0.4, 0.5) is 22.4 Å². The summed E-state index contributed by atoms with van der Waals surface area (Å²) in [5, 5.41) is 0. The first-order valence-corrected chi connectivity index (χ1v) is 12.6. The van der Waals surface area contributed by atoms with E-state index in [1.54, 1.807) is 52.0 Å². The van der Waals surface area contributed by atoms with Gasteiger partial charge in [0.05, 0.1) is 6.04 Å². The van der Waals surface area contributed by atoms with Crippen molar-refractivity contribution in [3.8, 4) is 11.1 Å². The summed E-state index contributed by atoms with van der Waals surface area (Å²) in [6.07, 6.45) is -0.516. The molecule has 1 aliphatic rings. The number of halogens is 4. The zero-order valence-electron chi connectivity index (χ0n) is 19.9. The summed E-state index contributed by atoms with van der Waals surface area (Å²) in [6.45, 7) is 6.87. The summed E-state index contributed by atoms with van der Waals surface area (Å²) >= 11 is 0. The third-order valence-electron chi connectivity index (χ3n) is 5.56. The van der Waals surface area contributed by atoms with Gasteiger partial charge in [0.25, 0.3) is 0 Å². The average Bonchev–Trinajstić information content (AvgIpc) is 3.07. The maximum absolute atomic E-state index is 13.9. The normalized spacial score (nSPS) is 20.5. The molecule has 0 saturated carbocycles. The van der Waals surface area contributed by atoms with Gasteiger partial charge in [-0.2, -0.15) is 13.2 Å². The van der Waals surface area contributed by atoms with Crippen LogP contribution < -0.4 is 4.72 Å². The van der Waals surface area contributed by atoms with E-state index in [9.17, 15) is 26.6 Å². The fraction of sp³-hybridized carbons (Fsp3) is 0.458. The number of benzene rings is 2. The van der Waals surface area contributed by atoms with Crippen LogP contribution in [0.25, 0.3) is 11.1 Å². The number of likely N-dealkylation sites (tertiary alicyclic amines) is 1. The predicted octanol–water partition coefficient (Wildman–Crippen LogP) is 5.79. The maximum atomic E-state index is 13.9. The van der Waals surface area contributed by atoms with E-state index in [1.165, 1.54) is 17.0 Å². The predicted molar refractivity (Wildman–Crippen MR) is 125 cm³/mol. The number of nitrogens with one attached hydrogen (secondary N) is 2. The SMILES string of the molecule is Cc1cc(F)cc(-c2cccc(C[C@H]3[C@@H](NS(=N)(=O)C(F)(F)F)CCN3C(=O)OC(C)(C)C)c2)c1. The Morgan fingerprint density at radius 1 is 1.17 bits per heavy atom. The zero-order valence-corrected chi connectivity index (χ0v) is 20.7. The highest BCUT2D eigenvalue weighted by Gasteiger charge is 2.47. The molecular weight excluding hydrogens is 486 g/mol. The van der Waals surface area contributed by atoms with Gasteiger partial charge in [0.2, 0.25) is 9.92 Å². The molecule has 11 heteroatoms. The first-order chi connectivity index (χ1) is 16.1. The minimum Gasteiger partial charge on any atom is -0.444 e. The molecule has 0 radical (unpaired) electrons. The fourth-order valence-corrected chi connectivity index (χ4v) is 4.93. The van der Waals surface area contributed by atoms with Gasteiger partial charge >= 0.3 is 11.6 Å². The highest BCUT2D eigenvalue weighted by molar-refractivity contribution is 7.91. The quantitative estimate of drug-likeness (QED) is 0.495. The van der Waals surface area contributed by atoms with Crippen LogP contribution in [-0.4, -0.2) is 44.9 Å². The van der Waals surface area contributed by atoms with E-state index in [2.05, 4.69) is 0 Å². The van der Waals surface area contributed by atoms with E-state index in [0.29, 0.717) is 16.7 Å². The number of carbonyl (C=O) groups excluding carboxylic acids is 1. The monoisotopic (exact) mass is 515 g/mol. The van der Waals surface area contributed by atoms with Crippen LogP contribution in [0.1, 0.15) is 38.3 Å². The van der Waals surface area contributed by atoms with Crippen molar-refractivity contribution >= 4 is 16.0 Å². The van der Waals surface area contributed by atoms with Gasteiger partial charge in [-0.25, -0.2) is 22.9 Å². The third-order valence-corrected chi connectivity index (χ3v) is 6.85. The second-order valence-corrected chi connectivity index (χ2v) is 11.5. The van der Waals surface area contributed by atoms with Crippen LogP contribution in [0.2, 0.25) is 0 Å². The van der Waals surface area contributed by atoms with Gasteiger partial charge < -0.3 is 9.64 Å². The van der Waals surface area contributed by atoms with Crippen molar-refractivity contribution in [1.29, 1.82) is 4.78 Å². The molecular formula is C24H29F4N3O3S. The maximum Gasteiger partial charge on any atom is 0.492 e.